The minimum absolute atomic E-state index is 0.0931. The summed E-state index contributed by atoms with van der Waals surface area (Å²) in [6.07, 6.45) is 0.492. The van der Waals surface area contributed by atoms with Crippen molar-refractivity contribution in [2.45, 2.75) is 12.8 Å². The maximum atomic E-state index is 14.5. The van der Waals surface area contributed by atoms with Crippen LogP contribution in [0.25, 0.3) is 10.8 Å². The first-order valence-electron chi connectivity index (χ1n) is 10.1. The summed E-state index contributed by atoms with van der Waals surface area (Å²) in [6.45, 7) is 0. The fourth-order valence-corrected chi connectivity index (χ4v) is 3.50. The summed E-state index contributed by atoms with van der Waals surface area (Å²) in [7, 11) is 1.44. The number of benzene rings is 4. The van der Waals surface area contributed by atoms with Crippen molar-refractivity contribution >= 4 is 10.8 Å². The highest BCUT2D eigenvalue weighted by Gasteiger charge is 2.11. The number of methoxy groups -OCH3 is 1. The lowest BCUT2D eigenvalue weighted by atomic mass is 10.0. The van der Waals surface area contributed by atoms with Gasteiger partial charge in [0.05, 0.1) is 12.7 Å². The molecule has 0 fully saturated rings. The van der Waals surface area contributed by atoms with Gasteiger partial charge in [-0.05, 0) is 65.8 Å². The number of hydrogen-bond acceptors (Lipinski definition) is 1. The van der Waals surface area contributed by atoms with Gasteiger partial charge in [-0.15, -0.1) is 0 Å². The summed E-state index contributed by atoms with van der Waals surface area (Å²) in [5.74, 6) is 1.48. The van der Waals surface area contributed by atoms with E-state index in [0.717, 1.165) is 6.07 Å². The molecule has 0 aliphatic carbocycles. The third-order valence-corrected chi connectivity index (χ3v) is 5.28. The van der Waals surface area contributed by atoms with Crippen molar-refractivity contribution in [1.82, 2.24) is 0 Å². The summed E-state index contributed by atoms with van der Waals surface area (Å²) < 4.78 is 75.3. The molecule has 4 aromatic rings. The standard InChI is InChI=1S/C27H17F5O/c1-33-20-8-6-18(24(29)15-20)5-2-17-13-25(30)22(26(31)14-17)10-4-16-3-9-21-19(12-16)7-11-23(28)27(21)32/h3,6-9,11-15H,2,5H2,1H3. The molecule has 0 saturated heterocycles. The van der Waals surface area contributed by atoms with Crippen LogP contribution in [0.4, 0.5) is 22.0 Å². The molecule has 0 heterocycles. The van der Waals surface area contributed by atoms with Crippen LogP contribution in [0, 0.1) is 40.9 Å². The maximum absolute atomic E-state index is 14.5. The molecule has 0 unspecified atom stereocenters. The van der Waals surface area contributed by atoms with Gasteiger partial charge >= 0.3 is 0 Å². The SMILES string of the molecule is COc1ccc(CCc2cc(F)c(C#Cc3ccc4c(F)c(F)ccc4c3)c(F)c2)c(F)c1. The lowest BCUT2D eigenvalue weighted by molar-refractivity contribution is 0.410. The fourth-order valence-electron chi connectivity index (χ4n) is 3.50. The van der Waals surface area contributed by atoms with Crippen molar-refractivity contribution in [3.63, 3.8) is 0 Å². The van der Waals surface area contributed by atoms with Crippen molar-refractivity contribution in [1.29, 1.82) is 0 Å². The van der Waals surface area contributed by atoms with Crippen LogP contribution in [0.2, 0.25) is 0 Å². The zero-order valence-corrected chi connectivity index (χ0v) is 17.5. The van der Waals surface area contributed by atoms with Crippen LogP contribution < -0.4 is 4.74 Å². The third-order valence-electron chi connectivity index (χ3n) is 5.28. The van der Waals surface area contributed by atoms with Crippen LogP contribution in [-0.2, 0) is 12.8 Å². The Morgan fingerprint density at radius 1 is 0.697 bits per heavy atom. The summed E-state index contributed by atoms with van der Waals surface area (Å²) in [5.41, 5.74) is 0.771. The Labute approximate surface area is 187 Å². The van der Waals surface area contributed by atoms with Gasteiger partial charge in [0.15, 0.2) is 11.6 Å². The van der Waals surface area contributed by atoms with Gasteiger partial charge in [-0.1, -0.05) is 30.0 Å². The zero-order valence-electron chi connectivity index (χ0n) is 17.5. The van der Waals surface area contributed by atoms with Crippen LogP contribution >= 0.6 is 0 Å². The minimum Gasteiger partial charge on any atom is -0.497 e. The molecule has 0 N–H and O–H groups in total. The van der Waals surface area contributed by atoms with Crippen molar-refractivity contribution < 1.29 is 26.7 Å². The molecule has 0 atom stereocenters. The lowest BCUT2D eigenvalue weighted by Crippen LogP contribution is -1.99. The maximum Gasteiger partial charge on any atom is 0.166 e. The zero-order chi connectivity index (χ0) is 23.5. The Kier molecular flexibility index (Phi) is 6.32. The second-order valence-electron chi connectivity index (χ2n) is 7.44. The Bertz CT molecular complexity index is 1390. The van der Waals surface area contributed by atoms with Gasteiger partial charge in [0.1, 0.15) is 23.2 Å². The molecule has 1 nitrogen and oxygen atoms in total. The summed E-state index contributed by atoms with van der Waals surface area (Å²) in [5, 5.41) is 0.512. The molecule has 166 valence electrons. The Morgan fingerprint density at radius 3 is 2.15 bits per heavy atom. The molecule has 4 aromatic carbocycles. The van der Waals surface area contributed by atoms with Crippen LogP contribution in [0.5, 0.6) is 5.75 Å². The smallest absolute Gasteiger partial charge is 0.166 e. The normalized spacial score (nSPS) is 10.7. The monoisotopic (exact) mass is 452 g/mol. The first-order chi connectivity index (χ1) is 15.9. The highest BCUT2D eigenvalue weighted by Crippen LogP contribution is 2.22. The summed E-state index contributed by atoms with van der Waals surface area (Å²) >= 11 is 0. The number of rotatable bonds is 4. The van der Waals surface area contributed by atoms with E-state index in [1.807, 2.05) is 0 Å². The van der Waals surface area contributed by atoms with Crippen LogP contribution in [-0.4, -0.2) is 7.11 Å². The molecule has 0 aliphatic heterocycles. The van der Waals surface area contributed by atoms with Crippen molar-refractivity contribution in [3.05, 3.63) is 112 Å². The largest absolute Gasteiger partial charge is 0.497 e. The van der Waals surface area contributed by atoms with Gasteiger partial charge in [-0.3, -0.25) is 0 Å². The number of halogens is 5. The van der Waals surface area contributed by atoms with E-state index in [0.29, 0.717) is 27.8 Å². The predicted molar refractivity (Wildman–Crippen MR) is 117 cm³/mol. The Hall–Kier alpha value is -3.85. The average molecular weight is 452 g/mol. The quantitative estimate of drug-likeness (QED) is 0.247. The molecule has 0 radical (unpaired) electrons. The van der Waals surface area contributed by atoms with E-state index in [-0.39, 0.29) is 18.2 Å². The molecule has 0 saturated carbocycles. The molecule has 33 heavy (non-hydrogen) atoms. The molecule has 4 rings (SSSR count). The molecule has 0 aromatic heterocycles. The third kappa shape index (κ3) is 4.83. The highest BCUT2D eigenvalue weighted by molar-refractivity contribution is 5.84. The van der Waals surface area contributed by atoms with Crippen molar-refractivity contribution in [2.75, 3.05) is 7.11 Å². The predicted octanol–water partition coefficient (Wildman–Crippen LogP) is 6.73. The molecule has 0 spiro atoms. The highest BCUT2D eigenvalue weighted by atomic mass is 19.2. The Balaban J connectivity index is 1.54. The molecule has 0 bridgehead atoms. The fraction of sp³-hybridized carbons (Fsp3) is 0.111. The van der Waals surface area contributed by atoms with Gasteiger partial charge in [0.25, 0.3) is 0 Å². The summed E-state index contributed by atoms with van der Waals surface area (Å²) in [4.78, 5) is 0. The van der Waals surface area contributed by atoms with E-state index < -0.39 is 34.6 Å². The van der Waals surface area contributed by atoms with E-state index in [2.05, 4.69) is 11.8 Å². The lowest BCUT2D eigenvalue weighted by Gasteiger charge is -2.07. The van der Waals surface area contributed by atoms with Crippen LogP contribution in [0.15, 0.2) is 60.7 Å². The number of aryl methyl sites for hydroxylation is 2. The number of hydrogen-bond donors (Lipinski definition) is 0. The first kappa shape index (κ1) is 22.3. The second-order valence-corrected chi connectivity index (χ2v) is 7.44. The van der Waals surface area contributed by atoms with E-state index in [9.17, 15) is 22.0 Å². The first-order valence-corrected chi connectivity index (χ1v) is 10.1. The molecule has 0 amide bonds. The number of ether oxygens (including phenoxy) is 1. The topological polar surface area (TPSA) is 9.23 Å². The minimum atomic E-state index is -0.964. The average Bonchev–Trinajstić information content (AvgIpc) is 2.80. The van der Waals surface area contributed by atoms with Gasteiger partial charge in [0.2, 0.25) is 0 Å². The molecular formula is C27H17F5O. The van der Waals surface area contributed by atoms with E-state index in [1.54, 1.807) is 12.1 Å². The number of fused-ring (bicyclic) bond motifs is 1. The van der Waals surface area contributed by atoms with E-state index >= 15 is 0 Å². The summed E-state index contributed by atoms with van der Waals surface area (Å²) in [6, 6.07) is 13.5. The van der Waals surface area contributed by atoms with Crippen molar-refractivity contribution in [2.24, 2.45) is 0 Å². The molecule has 0 aliphatic rings. The van der Waals surface area contributed by atoms with Crippen molar-refractivity contribution in [3.8, 4) is 17.6 Å². The van der Waals surface area contributed by atoms with Gasteiger partial charge < -0.3 is 4.74 Å². The van der Waals surface area contributed by atoms with Gasteiger partial charge in [-0.2, -0.15) is 0 Å². The van der Waals surface area contributed by atoms with Crippen LogP contribution in [0.3, 0.4) is 0 Å². The second kappa shape index (κ2) is 9.33. The molecule has 6 heteroatoms. The van der Waals surface area contributed by atoms with E-state index in [1.165, 1.54) is 49.6 Å². The Morgan fingerprint density at radius 2 is 1.45 bits per heavy atom. The van der Waals surface area contributed by atoms with E-state index in [4.69, 9.17) is 4.74 Å². The van der Waals surface area contributed by atoms with Gasteiger partial charge in [0, 0.05) is 17.0 Å². The van der Waals surface area contributed by atoms with Gasteiger partial charge in [-0.25, -0.2) is 22.0 Å². The van der Waals surface area contributed by atoms with Crippen LogP contribution in [0.1, 0.15) is 22.3 Å². The molecular weight excluding hydrogens is 435 g/mol.